The highest BCUT2D eigenvalue weighted by molar-refractivity contribution is 7.91. The van der Waals surface area contributed by atoms with Crippen molar-refractivity contribution in [1.29, 1.82) is 0 Å². The van der Waals surface area contributed by atoms with Crippen molar-refractivity contribution in [2.45, 2.75) is 23.8 Å². The Balaban J connectivity index is 1.74. The molecule has 2 aromatic heterocycles. The minimum absolute atomic E-state index is 0.153. The number of ether oxygens (including phenoxy) is 1. The number of aromatic nitrogens is 4. The third kappa shape index (κ3) is 3.56. The van der Waals surface area contributed by atoms with Crippen LogP contribution in [0, 0.1) is 13.8 Å². The highest BCUT2D eigenvalue weighted by atomic mass is 32.2. The molecule has 2 heterocycles. The number of para-hydroxylation sites is 1. The molecule has 3 aromatic carbocycles. The molecule has 0 bridgehead atoms. The summed E-state index contributed by atoms with van der Waals surface area (Å²) < 4.78 is 33.9. The summed E-state index contributed by atoms with van der Waals surface area (Å²) in [5.74, 6) is 1.18. The summed E-state index contributed by atoms with van der Waals surface area (Å²) in [5.41, 5.74) is 3.07. The van der Waals surface area contributed by atoms with Gasteiger partial charge in [0.15, 0.2) is 5.65 Å². The lowest BCUT2D eigenvalue weighted by Gasteiger charge is -2.12. The molecule has 0 radical (unpaired) electrons. The molecule has 9 heteroatoms. The number of sulfone groups is 1. The van der Waals surface area contributed by atoms with Crippen molar-refractivity contribution in [1.82, 2.24) is 19.8 Å². The van der Waals surface area contributed by atoms with Crippen LogP contribution < -0.4 is 10.1 Å². The van der Waals surface area contributed by atoms with Gasteiger partial charge < -0.3 is 10.1 Å². The standard InChI is InChI=1S/C24H21N5O3S/c1-15-11-12-16(2)21(13-15)33(30,31)24-23-26-22(25-17-7-6-8-18(14-17)32-3)19-9-4-5-10-20(19)29(23)28-27-24/h4-14H,1-3H3,(H,25,26). The molecule has 0 aliphatic carbocycles. The van der Waals surface area contributed by atoms with Gasteiger partial charge in [-0.25, -0.2) is 13.4 Å². The lowest BCUT2D eigenvalue weighted by Crippen LogP contribution is -2.07. The highest BCUT2D eigenvalue weighted by Gasteiger charge is 2.28. The van der Waals surface area contributed by atoms with Crippen molar-refractivity contribution in [2.75, 3.05) is 12.4 Å². The zero-order valence-corrected chi connectivity index (χ0v) is 19.1. The summed E-state index contributed by atoms with van der Waals surface area (Å²) >= 11 is 0. The number of hydrogen-bond donors (Lipinski definition) is 1. The number of anilines is 2. The second-order valence-corrected chi connectivity index (χ2v) is 9.57. The lowest BCUT2D eigenvalue weighted by atomic mass is 10.2. The van der Waals surface area contributed by atoms with Crippen LogP contribution in [0.5, 0.6) is 5.75 Å². The molecule has 0 unspecified atom stereocenters. The average Bonchev–Trinajstić information content (AvgIpc) is 3.26. The fourth-order valence-corrected chi connectivity index (χ4v) is 5.31. The second-order valence-electron chi connectivity index (χ2n) is 7.74. The van der Waals surface area contributed by atoms with E-state index in [-0.39, 0.29) is 15.6 Å². The number of rotatable bonds is 5. The largest absolute Gasteiger partial charge is 0.497 e. The summed E-state index contributed by atoms with van der Waals surface area (Å²) in [5, 5.41) is 12.1. The molecule has 5 rings (SSSR count). The summed E-state index contributed by atoms with van der Waals surface area (Å²) in [7, 11) is -2.35. The summed E-state index contributed by atoms with van der Waals surface area (Å²) in [6.45, 7) is 3.61. The zero-order valence-electron chi connectivity index (χ0n) is 18.3. The van der Waals surface area contributed by atoms with E-state index >= 15 is 0 Å². The van der Waals surface area contributed by atoms with Gasteiger partial charge in [-0.1, -0.05) is 35.5 Å². The number of nitrogens with zero attached hydrogens (tertiary/aromatic N) is 4. The van der Waals surface area contributed by atoms with Crippen LogP contribution in [0.2, 0.25) is 0 Å². The van der Waals surface area contributed by atoms with Gasteiger partial charge in [-0.05, 0) is 55.3 Å². The minimum Gasteiger partial charge on any atom is -0.497 e. The van der Waals surface area contributed by atoms with E-state index < -0.39 is 9.84 Å². The molecule has 0 saturated heterocycles. The Hall–Kier alpha value is -3.98. The van der Waals surface area contributed by atoms with Gasteiger partial charge in [-0.3, -0.25) is 0 Å². The first-order valence-electron chi connectivity index (χ1n) is 10.3. The Morgan fingerprint density at radius 2 is 1.79 bits per heavy atom. The molecule has 33 heavy (non-hydrogen) atoms. The van der Waals surface area contributed by atoms with E-state index in [1.807, 2.05) is 61.5 Å². The number of nitrogens with one attached hydrogen (secondary N) is 1. The first-order chi connectivity index (χ1) is 15.9. The predicted molar refractivity (Wildman–Crippen MR) is 126 cm³/mol. The van der Waals surface area contributed by atoms with E-state index in [2.05, 4.69) is 20.6 Å². The van der Waals surface area contributed by atoms with Crippen LogP contribution >= 0.6 is 0 Å². The third-order valence-electron chi connectivity index (χ3n) is 5.44. The van der Waals surface area contributed by atoms with Crippen LogP contribution in [0.15, 0.2) is 76.7 Å². The molecule has 0 saturated carbocycles. The molecule has 0 fully saturated rings. The van der Waals surface area contributed by atoms with Crippen molar-refractivity contribution in [3.05, 3.63) is 77.9 Å². The molecular weight excluding hydrogens is 438 g/mol. The van der Waals surface area contributed by atoms with Gasteiger partial charge in [0.05, 0.1) is 17.5 Å². The van der Waals surface area contributed by atoms with Crippen LogP contribution in [0.4, 0.5) is 11.5 Å². The maximum absolute atomic E-state index is 13.6. The number of aryl methyl sites for hydroxylation is 2. The van der Waals surface area contributed by atoms with Gasteiger partial charge >= 0.3 is 0 Å². The number of fused-ring (bicyclic) bond motifs is 3. The van der Waals surface area contributed by atoms with Crippen molar-refractivity contribution in [3.63, 3.8) is 0 Å². The normalized spacial score (nSPS) is 11.7. The van der Waals surface area contributed by atoms with E-state index in [1.54, 1.807) is 26.2 Å². The van der Waals surface area contributed by atoms with Crippen molar-refractivity contribution >= 4 is 37.9 Å². The van der Waals surface area contributed by atoms with Gasteiger partial charge in [0, 0.05) is 17.1 Å². The van der Waals surface area contributed by atoms with E-state index in [1.165, 1.54) is 4.52 Å². The molecular formula is C24H21N5O3S. The molecule has 5 aromatic rings. The molecule has 0 atom stereocenters. The van der Waals surface area contributed by atoms with Crippen molar-refractivity contribution in [3.8, 4) is 5.75 Å². The fraction of sp³-hybridized carbons (Fsp3) is 0.125. The Morgan fingerprint density at radius 3 is 2.61 bits per heavy atom. The van der Waals surface area contributed by atoms with E-state index in [0.29, 0.717) is 22.6 Å². The molecule has 0 amide bonds. The number of hydrogen-bond acceptors (Lipinski definition) is 7. The van der Waals surface area contributed by atoms with Crippen molar-refractivity contribution < 1.29 is 13.2 Å². The lowest BCUT2D eigenvalue weighted by molar-refractivity contribution is 0.415. The first kappa shape index (κ1) is 20.9. The molecule has 0 aliphatic rings. The summed E-state index contributed by atoms with van der Waals surface area (Å²) in [6.07, 6.45) is 0. The van der Waals surface area contributed by atoms with Crippen LogP contribution in [-0.4, -0.2) is 35.3 Å². The van der Waals surface area contributed by atoms with Gasteiger partial charge in [-0.15, -0.1) is 5.10 Å². The first-order valence-corrected chi connectivity index (χ1v) is 11.7. The van der Waals surface area contributed by atoms with Crippen LogP contribution in [-0.2, 0) is 9.84 Å². The number of benzene rings is 3. The molecule has 1 N–H and O–H groups in total. The number of methoxy groups -OCH3 is 1. The van der Waals surface area contributed by atoms with Gasteiger partial charge in [0.1, 0.15) is 11.6 Å². The topological polar surface area (TPSA) is 98.5 Å². The monoisotopic (exact) mass is 459 g/mol. The zero-order chi connectivity index (χ0) is 23.2. The summed E-state index contributed by atoms with van der Waals surface area (Å²) in [4.78, 5) is 4.86. The van der Waals surface area contributed by atoms with Gasteiger partial charge in [0.25, 0.3) is 0 Å². The van der Waals surface area contributed by atoms with Crippen LogP contribution in [0.3, 0.4) is 0 Å². The maximum atomic E-state index is 13.6. The van der Waals surface area contributed by atoms with Gasteiger partial charge in [0.2, 0.25) is 14.9 Å². The highest BCUT2D eigenvalue weighted by Crippen LogP contribution is 2.31. The smallest absolute Gasteiger partial charge is 0.229 e. The van der Waals surface area contributed by atoms with Crippen LogP contribution in [0.1, 0.15) is 11.1 Å². The SMILES string of the molecule is COc1cccc(Nc2nc3c(S(=O)(=O)c4cc(C)ccc4C)nnn3c3ccccc23)c1. The van der Waals surface area contributed by atoms with E-state index in [4.69, 9.17) is 4.74 Å². The molecule has 0 spiro atoms. The Morgan fingerprint density at radius 1 is 0.970 bits per heavy atom. The van der Waals surface area contributed by atoms with Crippen LogP contribution in [0.25, 0.3) is 16.6 Å². The fourth-order valence-electron chi connectivity index (χ4n) is 3.75. The molecule has 0 aliphatic heterocycles. The predicted octanol–water partition coefficient (Wildman–Crippen LogP) is 4.48. The summed E-state index contributed by atoms with van der Waals surface area (Å²) in [6, 6.07) is 20.2. The Labute approximate surface area is 190 Å². The quantitative estimate of drug-likeness (QED) is 0.414. The third-order valence-corrected chi connectivity index (χ3v) is 7.23. The molecule has 8 nitrogen and oxygen atoms in total. The van der Waals surface area contributed by atoms with Gasteiger partial charge in [-0.2, -0.15) is 4.52 Å². The maximum Gasteiger partial charge on any atom is 0.229 e. The van der Waals surface area contributed by atoms with E-state index in [9.17, 15) is 8.42 Å². The Kier molecular flexibility index (Phi) is 4.98. The minimum atomic E-state index is -3.95. The average molecular weight is 460 g/mol. The Bertz CT molecular complexity index is 1630. The molecule has 166 valence electrons. The van der Waals surface area contributed by atoms with Crippen molar-refractivity contribution in [2.24, 2.45) is 0 Å². The van der Waals surface area contributed by atoms with E-state index in [0.717, 1.165) is 16.6 Å². The second kappa shape index (κ2) is 7.86.